The van der Waals surface area contributed by atoms with Crippen molar-refractivity contribution in [1.82, 2.24) is 15.3 Å². The first-order valence-corrected chi connectivity index (χ1v) is 5.68. The third-order valence-electron chi connectivity index (χ3n) is 2.12. The van der Waals surface area contributed by atoms with E-state index in [4.69, 9.17) is 11.6 Å². The molecule has 1 heterocycles. The van der Waals surface area contributed by atoms with E-state index in [1.54, 1.807) is 18.2 Å². The monoisotopic (exact) mass is 276 g/mol. The number of nitrogens with zero attached hydrogens (tertiary/aromatic N) is 2. The predicted molar refractivity (Wildman–Crippen MR) is 70.0 cm³/mol. The number of nitrogens with one attached hydrogen (secondary N) is 2. The van der Waals surface area contributed by atoms with Gasteiger partial charge in [0.05, 0.1) is 0 Å². The summed E-state index contributed by atoms with van der Waals surface area (Å²) in [5.41, 5.74) is 0.327. The van der Waals surface area contributed by atoms with Crippen LogP contribution in [0.1, 0.15) is 10.4 Å². The second-order valence-electron chi connectivity index (χ2n) is 3.49. The van der Waals surface area contributed by atoms with Crippen molar-refractivity contribution in [3.63, 3.8) is 0 Å². The Labute approximate surface area is 113 Å². The molecule has 7 heteroatoms. The molecule has 6 nitrogen and oxygen atoms in total. The van der Waals surface area contributed by atoms with Gasteiger partial charge in [0.15, 0.2) is 0 Å². The number of rotatable bonds is 2. The van der Waals surface area contributed by atoms with Gasteiger partial charge in [0.25, 0.3) is 5.91 Å². The number of hydrogen-bond acceptors (Lipinski definition) is 4. The van der Waals surface area contributed by atoms with Crippen molar-refractivity contribution in [3.8, 4) is 0 Å². The van der Waals surface area contributed by atoms with Crippen LogP contribution in [0.4, 0.5) is 10.7 Å². The molecule has 0 bridgehead atoms. The Morgan fingerprint density at radius 2 is 1.68 bits per heavy atom. The van der Waals surface area contributed by atoms with Crippen molar-refractivity contribution in [2.75, 3.05) is 5.32 Å². The number of urea groups is 1. The lowest BCUT2D eigenvalue weighted by molar-refractivity contribution is 0.0967. The molecular weight excluding hydrogens is 268 g/mol. The molecule has 0 saturated carbocycles. The van der Waals surface area contributed by atoms with Crippen LogP contribution in [-0.2, 0) is 0 Å². The highest BCUT2D eigenvalue weighted by atomic mass is 35.5. The van der Waals surface area contributed by atoms with Gasteiger partial charge in [-0.3, -0.25) is 15.4 Å². The number of aromatic nitrogens is 2. The molecule has 1 aromatic heterocycles. The molecule has 0 fully saturated rings. The van der Waals surface area contributed by atoms with Crippen LogP contribution in [0.2, 0.25) is 5.02 Å². The Morgan fingerprint density at radius 1 is 1.05 bits per heavy atom. The van der Waals surface area contributed by atoms with Crippen LogP contribution >= 0.6 is 11.6 Å². The van der Waals surface area contributed by atoms with Crippen molar-refractivity contribution in [1.29, 1.82) is 0 Å². The second kappa shape index (κ2) is 5.92. The standard InChI is InChI=1S/C12H9ClN4O2/c13-9-4-2-8(3-5-9)10(18)16-12(19)17-11-14-6-1-7-15-11/h1-7H,(H2,14,15,16,17,18,19). The lowest BCUT2D eigenvalue weighted by Gasteiger charge is -2.05. The van der Waals surface area contributed by atoms with E-state index < -0.39 is 11.9 Å². The van der Waals surface area contributed by atoms with E-state index in [0.717, 1.165) is 0 Å². The lowest BCUT2D eigenvalue weighted by atomic mass is 10.2. The summed E-state index contributed by atoms with van der Waals surface area (Å²) in [4.78, 5) is 30.8. The largest absolute Gasteiger partial charge is 0.328 e. The summed E-state index contributed by atoms with van der Waals surface area (Å²) in [6.45, 7) is 0. The van der Waals surface area contributed by atoms with Gasteiger partial charge in [-0.05, 0) is 30.3 Å². The van der Waals surface area contributed by atoms with Gasteiger partial charge in [-0.2, -0.15) is 0 Å². The van der Waals surface area contributed by atoms with Gasteiger partial charge < -0.3 is 0 Å². The fourth-order valence-corrected chi connectivity index (χ4v) is 1.40. The van der Waals surface area contributed by atoms with Crippen molar-refractivity contribution in [3.05, 3.63) is 53.3 Å². The normalized spacial score (nSPS) is 9.74. The molecule has 2 N–H and O–H groups in total. The first-order chi connectivity index (χ1) is 9.15. The summed E-state index contributed by atoms with van der Waals surface area (Å²) >= 11 is 5.70. The first-order valence-electron chi connectivity index (χ1n) is 5.30. The number of imide groups is 1. The Balaban J connectivity index is 1.95. The average Bonchev–Trinajstić information content (AvgIpc) is 2.40. The molecule has 3 amide bonds. The number of amides is 3. The zero-order valence-electron chi connectivity index (χ0n) is 9.63. The molecular formula is C12H9ClN4O2. The van der Waals surface area contributed by atoms with Gasteiger partial charge in [0.2, 0.25) is 5.95 Å². The Hall–Kier alpha value is -2.47. The first kappa shape index (κ1) is 13.0. The van der Waals surface area contributed by atoms with Gasteiger partial charge >= 0.3 is 6.03 Å². The van der Waals surface area contributed by atoms with E-state index in [0.29, 0.717) is 10.6 Å². The topological polar surface area (TPSA) is 84.0 Å². The Bertz CT molecular complexity index is 586. The van der Waals surface area contributed by atoms with E-state index in [-0.39, 0.29) is 5.95 Å². The third kappa shape index (κ3) is 3.75. The SMILES string of the molecule is O=C(NC(=O)c1ccc(Cl)cc1)Nc1ncccn1. The maximum Gasteiger partial charge on any atom is 0.328 e. The molecule has 0 aliphatic carbocycles. The number of halogens is 1. The zero-order chi connectivity index (χ0) is 13.7. The molecule has 0 unspecified atom stereocenters. The lowest BCUT2D eigenvalue weighted by Crippen LogP contribution is -2.34. The minimum atomic E-state index is -0.703. The number of benzene rings is 1. The molecule has 2 aromatic rings. The highest BCUT2D eigenvalue weighted by Gasteiger charge is 2.10. The summed E-state index contributed by atoms with van der Waals surface area (Å²) in [7, 11) is 0. The van der Waals surface area contributed by atoms with Crippen LogP contribution in [-0.4, -0.2) is 21.9 Å². The van der Waals surface area contributed by atoms with E-state index in [1.165, 1.54) is 24.5 Å². The van der Waals surface area contributed by atoms with Gasteiger partial charge in [-0.1, -0.05) is 11.6 Å². The van der Waals surface area contributed by atoms with E-state index in [1.807, 2.05) is 0 Å². The van der Waals surface area contributed by atoms with Gasteiger partial charge in [-0.25, -0.2) is 14.8 Å². The van der Waals surface area contributed by atoms with Crippen molar-refractivity contribution in [2.24, 2.45) is 0 Å². The Morgan fingerprint density at radius 3 is 2.32 bits per heavy atom. The van der Waals surface area contributed by atoms with Gasteiger partial charge in [0, 0.05) is 23.0 Å². The van der Waals surface area contributed by atoms with Crippen LogP contribution < -0.4 is 10.6 Å². The fourth-order valence-electron chi connectivity index (χ4n) is 1.27. The summed E-state index contributed by atoms with van der Waals surface area (Å²) in [5.74, 6) is -0.422. The minimum Gasteiger partial charge on any atom is -0.276 e. The molecule has 1 aromatic carbocycles. The molecule has 0 aliphatic rings. The van der Waals surface area contributed by atoms with E-state index >= 15 is 0 Å². The molecule has 0 saturated heterocycles. The summed E-state index contributed by atoms with van der Waals surface area (Å²) in [6, 6.07) is 7.07. The van der Waals surface area contributed by atoms with E-state index in [2.05, 4.69) is 20.6 Å². The van der Waals surface area contributed by atoms with Crippen molar-refractivity contribution in [2.45, 2.75) is 0 Å². The maximum absolute atomic E-state index is 11.7. The van der Waals surface area contributed by atoms with Crippen LogP contribution in [0.15, 0.2) is 42.7 Å². The number of carbonyl (C=O) groups excluding carboxylic acids is 2. The molecule has 0 radical (unpaired) electrons. The Kier molecular flexibility index (Phi) is 4.04. The van der Waals surface area contributed by atoms with Crippen molar-refractivity contribution < 1.29 is 9.59 Å². The quantitative estimate of drug-likeness (QED) is 0.880. The third-order valence-corrected chi connectivity index (χ3v) is 2.38. The van der Waals surface area contributed by atoms with Crippen molar-refractivity contribution >= 4 is 29.5 Å². The number of hydrogen-bond donors (Lipinski definition) is 2. The smallest absolute Gasteiger partial charge is 0.276 e. The highest BCUT2D eigenvalue weighted by Crippen LogP contribution is 2.09. The maximum atomic E-state index is 11.7. The fraction of sp³-hybridized carbons (Fsp3) is 0. The molecule has 0 spiro atoms. The molecule has 19 heavy (non-hydrogen) atoms. The molecule has 96 valence electrons. The number of anilines is 1. The van der Waals surface area contributed by atoms with Gasteiger partial charge in [0.1, 0.15) is 0 Å². The molecule has 0 atom stereocenters. The van der Waals surface area contributed by atoms with E-state index in [9.17, 15) is 9.59 Å². The van der Waals surface area contributed by atoms with Gasteiger partial charge in [-0.15, -0.1) is 0 Å². The summed E-state index contributed by atoms with van der Waals surface area (Å²) in [6.07, 6.45) is 2.95. The van der Waals surface area contributed by atoms with Crippen LogP contribution in [0.5, 0.6) is 0 Å². The molecule has 0 aliphatic heterocycles. The highest BCUT2D eigenvalue weighted by molar-refractivity contribution is 6.30. The zero-order valence-corrected chi connectivity index (χ0v) is 10.4. The summed E-state index contributed by atoms with van der Waals surface area (Å²) in [5, 5.41) is 5.00. The summed E-state index contributed by atoms with van der Waals surface area (Å²) < 4.78 is 0. The van der Waals surface area contributed by atoms with Crippen LogP contribution in [0.3, 0.4) is 0 Å². The average molecular weight is 277 g/mol. The van der Waals surface area contributed by atoms with Crippen LogP contribution in [0, 0.1) is 0 Å². The number of carbonyl (C=O) groups is 2. The minimum absolute atomic E-state index is 0.115. The van der Waals surface area contributed by atoms with Crippen LogP contribution in [0.25, 0.3) is 0 Å². The second-order valence-corrected chi connectivity index (χ2v) is 3.92. The molecule has 2 rings (SSSR count). The predicted octanol–water partition coefficient (Wildman–Crippen LogP) is 2.09.